The highest BCUT2D eigenvalue weighted by Crippen LogP contribution is 2.29. The second-order valence-electron chi connectivity index (χ2n) is 4.56. The van der Waals surface area contributed by atoms with E-state index in [1.807, 2.05) is 0 Å². The zero-order valence-electron chi connectivity index (χ0n) is 11.2. The lowest BCUT2D eigenvalue weighted by Gasteiger charge is -2.15. The molecule has 1 atom stereocenters. The molecule has 1 amide bonds. The predicted octanol–water partition coefficient (Wildman–Crippen LogP) is 3.59. The summed E-state index contributed by atoms with van der Waals surface area (Å²) in [4.78, 5) is 15.8. The highest BCUT2D eigenvalue weighted by molar-refractivity contribution is 5.94. The van der Waals surface area contributed by atoms with Gasteiger partial charge in [-0.3, -0.25) is 9.78 Å². The van der Waals surface area contributed by atoms with Crippen LogP contribution in [0.3, 0.4) is 0 Å². The van der Waals surface area contributed by atoms with Gasteiger partial charge in [0.25, 0.3) is 5.91 Å². The fourth-order valence-electron chi connectivity index (χ4n) is 1.82. The minimum Gasteiger partial charge on any atom is -0.345 e. The molecule has 2 aromatic rings. The number of nitrogens with one attached hydrogen (secondary N) is 1. The van der Waals surface area contributed by atoms with Crippen molar-refractivity contribution in [3.8, 4) is 0 Å². The summed E-state index contributed by atoms with van der Waals surface area (Å²) in [5.74, 6) is -0.324. The normalized spacial score (nSPS) is 12.8. The van der Waals surface area contributed by atoms with Crippen LogP contribution in [0.2, 0.25) is 0 Å². The van der Waals surface area contributed by atoms with Crippen LogP contribution in [-0.2, 0) is 6.18 Å². The third kappa shape index (κ3) is 3.81. The molecule has 0 aliphatic heterocycles. The van der Waals surface area contributed by atoms with Gasteiger partial charge in [0, 0.05) is 12.4 Å². The van der Waals surface area contributed by atoms with Gasteiger partial charge in [-0.05, 0) is 36.8 Å². The van der Waals surface area contributed by atoms with Gasteiger partial charge in [0.15, 0.2) is 0 Å². The molecular weight excluding hydrogens is 281 g/mol. The monoisotopic (exact) mass is 294 g/mol. The van der Waals surface area contributed by atoms with E-state index in [1.165, 1.54) is 18.3 Å². The number of aromatic nitrogens is 1. The summed E-state index contributed by atoms with van der Waals surface area (Å²) in [6.07, 6.45) is -1.38. The zero-order valence-corrected chi connectivity index (χ0v) is 11.2. The molecule has 0 aliphatic carbocycles. The quantitative estimate of drug-likeness (QED) is 0.940. The van der Waals surface area contributed by atoms with Crippen molar-refractivity contribution >= 4 is 5.91 Å². The van der Waals surface area contributed by atoms with Crippen LogP contribution in [0.25, 0.3) is 0 Å². The maximum absolute atomic E-state index is 12.5. The van der Waals surface area contributed by atoms with Gasteiger partial charge in [0.05, 0.1) is 17.2 Å². The van der Waals surface area contributed by atoms with E-state index < -0.39 is 17.8 Å². The van der Waals surface area contributed by atoms with Crippen molar-refractivity contribution in [2.24, 2.45) is 0 Å². The number of hydrogen-bond acceptors (Lipinski definition) is 2. The molecule has 1 aromatic carbocycles. The summed E-state index contributed by atoms with van der Waals surface area (Å²) in [7, 11) is 0. The first kappa shape index (κ1) is 15.0. The Bertz CT molecular complexity index is 609. The Kier molecular flexibility index (Phi) is 4.26. The number of halogens is 3. The van der Waals surface area contributed by atoms with E-state index in [2.05, 4.69) is 10.3 Å². The Morgan fingerprint density at radius 3 is 2.38 bits per heavy atom. The van der Waals surface area contributed by atoms with E-state index in [9.17, 15) is 18.0 Å². The van der Waals surface area contributed by atoms with Crippen molar-refractivity contribution in [1.29, 1.82) is 0 Å². The third-order valence-corrected chi connectivity index (χ3v) is 3.01. The number of nitrogens with zero attached hydrogens (tertiary/aromatic N) is 1. The maximum Gasteiger partial charge on any atom is 0.416 e. The number of benzene rings is 1. The standard InChI is InChI=1S/C15H13F3N2O/c1-10(20-14(21)12-3-2-8-19-9-12)11-4-6-13(7-5-11)15(16,17)18/h2-10H,1H3,(H,20,21)/t10-/m1/s1. The van der Waals surface area contributed by atoms with Crippen molar-refractivity contribution in [2.75, 3.05) is 0 Å². The van der Waals surface area contributed by atoms with Gasteiger partial charge < -0.3 is 5.32 Å². The summed E-state index contributed by atoms with van der Waals surface area (Å²) in [6, 6.07) is 7.57. The number of hydrogen-bond donors (Lipinski definition) is 1. The minimum atomic E-state index is -4.36. The van der Waals surface area contributed by atoms with Crippen molar-refractivity contribution < 1.29 is 18.0 Å². The van der Waals surface area contributed by atoms with Crippen LogP contribution >= 0.6 is 0 Å². The van der Waals surface area contributed by atoms with Gasteiger partial charge in [-0.2, -0.15) is 13.2 Å². The fourth-order valence-corrected chi connectivity index (χ4v) is 1.82. The van der Waals surface area contributed by atoms with Crippen LogP contribution in [0.1, 0.15) is 34.5 Å². The molecule has 1 heterocycles. The minimum absolute atomic E-state index is 0.324. The lowest BCUT2D eigenvalue weighted by Crippen LogP contribution is -2.26. The van der Waals surface area contributed by atoms with Crippen LogP contribution in [0.15, 0.2) is 48.8 Å². The first-order valence-electron chi connectivity index (χ1n) is 6.26. The van der Waals surface area contributed by atoms with Gasteiger partial charge in [0.1, 0.15) is 0 Å². The third-order valence-electron chi connectivity index (χ3n) is 3.01. The molecule has 0 fully saturated rings. The second kappa shape index (κ2) is 5.95. The molecule has 0 saturated heterocycles. The molecule has 6 heteroatoms. The molecule has 0 saturated carbocycles. The second-order valence-corrected chi connectivity index (χ2v) is 4.56. The van der Waals surface area contributed by atoms with Crippen LogP contribution in [0.4, 0.5) is 13.2 Å². The van der Waals surface area contributed by atoms with Crippen molar-refractivity contribution in [2.45, 2.75) is 19.1 Å². The van der Waals surface area contributed by atoms with E-state index in [-0.39, 0.29) is 5.91 Å². The molecule has 0 aliphatic rings. The van der Waals surface area contributed by atoms with Crippen molar-refractivity contribution in [1.82, 2.24) is 10.3 Å². The topological polar surface area (TPSA) is 42.0 Å². The van der Waals surface area contributed by atoms with Crippen LogP contribution in [0.5, 0.6) is 0 Å². The largest absolute Gasteiger partial charge is 0.416 e. The van der Waals surface area contributed by atoms with Gasteiger partial charge in [-0.15, -0.1) is 0 Å². The van der Waals surface area contributed by atoms with Gasteiger partial charge >= 0.3 is 6.18 Å². The Morgan fingerprint density at radius 1 is 1.19 bits per heavy atom. The number of carbonyl (C=O) groups is 1. The molecule has 0 spiro atoms. The zero-order chi connectivity index (χ0) is 15.5. The summed E-state index contributed by atoms with van der Waals surface area (Å²) in [6.45, 7) is 1.71. The summed E-state index contributed by atoms with van der Waals surface area (Å²) in [5.41, 5.74) is 0.286. The molecule has 0 unspecified atom stereocenters. The Morgan fingerprint density at radius 2 is 1.86 bits per heavy atom. The lowest BCUT2D eigenvalue weighted by atomic mass is 10.1. The number of rotatable bonds is 3. The molecule has 0 bridgehead atoms. The molecule has 1 N–H and O–H groups in total. The molecular formula is C15H13F3N2O. The smallest absolute Gasteiger partial charge is 0.345 e. The summed E-state index contributed by atoms with van der Waals surface area (Å²) < 4.78 is 37.4. The molecule has 3 nitrogen and oxygen atoms in total. The lowest BCUT2D eigenvalue weighted by molar-refractivity contribution is -0.137. The molecule has 1 aromatic heterocycles. The number of pyridine rings is 1. The highest BCUT2D eigenvalue weighted by Gasteiger charge is 2.30. The average molecular weight is 294 g/mol. The van der Waals surface area contributed by atoms with Gasteiger partial charge in [-0.1, -0.05) is 12.1 Å². The average Bonchev–Trinajstić information content (AvgIpc) is 2.47. The van der Waals surface area contributed by atoms with Crippen molar-refractivity contribution in [3.05, 3.63) is 65.5 Å². The first-order valence-corrected chi connectivity index (χ1v) is 6.26. The first-order chi connectivity index (χ1) is 9.88. The Balaban J connectivity index is 2.07. The van der Waals surface area contributed by atoms with Crippen LogP contribution < -0.4 is 5.32 Å². The fraction of sp³-hybridized carbons (Fsp3) is 0.200. The molecule has 21 heavy (non-hydrogen) atoms. The summed E-state index contributed by atoms with van der Waals surface area (Å²) in [5, 5.41) is 2.71. The van der Waals surface area contributed by atoms with E-state index in [0.717, 1.165) is 12.1 Å². The van der Waals surface area contributed by atoms with Crippen LogP contribution in [0, 0.1) is 0 Å². The van der Waals surface area contributed by atoms with Crippen molar-refractivity contribution in [3.63, 3.8) is 0 Å². The summed E-state index contributed by atoms with van der Waals surface area (Å²) >= 11 is 0. The SMILES string of the molecule is C[C@@H](NC(=O)c1cccnc1)c1ccc(C(F)(F)F)cc1. The maximum atomic E-state index is 12.5. The number of amides is 1. The predicted molar refractivity (Wildman–Crippen MR) is 71.6 cm³/mol. The number of alkyl halides is 3. The highest BCUT2D eigenvalue weighted by atomic mass is 19.4. The number of carbonyl (C=O) groups excluding carboxylic acids is 1. The molecule has 0 radical (unpaired) electrons. The van der Waals surface area contributed by atoms with E-state index in [4.69, 9.17) is 0 Å². The van der Waals surface area contributed by atoms with E-state index in [0.29, 0.717) is 11.1 Å². The van der Waals surface area contributed by atoms with Gasteiger partial charge in [-0.25, -0.2) is 0 Å². The Labute approximate surface area is 119 Å². The molecule has 2 rings (SSSR count). The van der Waals surface area contributed by atoms with E-state index >= 15 is 0 Å². The molecule has 110 valence electrons. The van der Waals surface area contributed by atoms with E-state index in [1.54, 1.807) is 25.3 Å². The van der Waals surface area contributed by atoms with Crippen LogP contribution in [-0.4, -0.2) is 10.9 Å². The van der Waals surface area contributed by atoms with Gasteiger partial charge in [0.2, 0.25) is 0 Å². The Hall–Kier alpha value is -2.37.